The molecule has 0 fully saturated rings. The van der Waals surface area contributed by atoms with Crippen molar-refractivity contribution >= 4 is 27.5 Å². The Kier molecular flexibility index (Phi) is 4.31. The van der Waals surface area contributed by atoms with Crippen LogP contribution in [0.15, 0.2) is 35.1 Å². The summed E-state index contributed by atoms with van der Waals surface area (Å²) in [4.78, 5) is 20.1. The first-order valence-corrected chi connectivity index (χ1v) is 9.64. The third-order valence-corrected chi connectivity index (χ3v) is 6.17. The number of thiophene rings is 1. The molecule has 1 aromatic carbocycles. The highest BCUT2D eigenvalue weighted by Crippen LogP contribution is 2.37. The van der Waals surface area contributed by atoms with Crippen molar-refractivity contribution in [3.05, 3.63) is 51.1 Å². The average Bonchev–Trinajstić information content (AvgIpc) is 3.00. The number of hydrazine groups is 1. The van der Waals surface area contributed by atoms with E-state index < -0.39 is 0 Å². The molecule has 6 heteroatoms. The lowest BCUT2D eigenvalue weighted by Crippen LogP contribution is -2.26. The minimum Gasteiger partial charge on any atom is -0.293 e. The van der Waals surface area contributed by atoms with Gasteiger partial charge in [0.2, 0.25) is 5.95 Å². The highest BCUT2D eigenvalue weighted by Gasteiger charge is 2.26. The van der Waals surface area contributed by atoms with Crippen molar-refractivity contribution in [3.63, 3.8) is 0 Å². The molecular weight excluding hydrogens is 332 g/mol. The molecule has 3 N–H and O–H groups in total. The number of rotatable bonds is 4. The first-order valence-electron chi connectivity index (χ1n) is 8.82. The van der Waals surface area contributed by atoms with Crippen LogP contribution < -0.4 is 16.8 Å². The standard InChI is InChI=1S/C19H22N4OS/c1-2-6-12-9-10-14-15(11-12)25-17-16(14)18(24)23(19(21-17)22-20)13-7-4-3-5-8-13/h3-5,7-8,12H,2,6,9-11,20H2,1H3,(H,21,22). The van der Waals surface area contributed by atoms with Crippen LogP contribution in [0.3, 0.4) is 0 Å². The minimum atomic E-state index is -0.0319. The van der Waals surface area contributed by atoms with E-state index in [-0.39, 0.29) is 5.56 Å². The molecule has 0 amide bonds. The number of aromatic nitrogens is 2. The first-order chi connectivity index (χ1) is 12.2. The molecule has 3 aromatic rings. The fourth-order valence-corrected chi connectivity index (χ4v) is 5.19. The lowest BCUT2D eigenvalue weighted by Gasteiger charge is -2.21. The lowest BCUT2D eigenvalue weighted by molar-refractivity contribution is 0.428. The van der Waals surface area contributed by atoms with Gasteiger partial charge in [0.05, 0.1) is 11.1 Å². The van der Waals surface area contributed by atoms with Crippen LogP contribution in [0.4, 0.5) is 5.95 Å². The molecule has 0 bridgehead atoms. The number of nitrogens with one attached hydrogen (secondary N) is 1. The molecule has 0 radical (unpaired) electrons. The maximum absolute atomic E-state index is 13.3. The summed E-state index contributed by atoms with van der Waals surface area (Å²) in [5.41, 5.74) is 4.54. The fourth-order valence-electron chi connectivity index (χ4n) is 3.86. The summed E-state index contributed by atoms with van der Waals surface area (Å²) in [6.45, 7) is 2.24. The monoisotopic (exact) mass is 354 g/mol. The molecule has 0 aliphatic heterocycles. The van der Waals surface area contributed by atoms with E-state index in [4.69, 9.17) is 5.84 Å². The second-order valence-electron chi connectivity index (χ2n) is 6.64. The van der Waals surface area contributed by atoms with Gasteiger partial charge in [0.1, 0.15) is 4.83 Å². The number of hydrogen-bond acceptors (Lipinski definition) is 5. The second-order valence-corrected chi connectivity index (χ2v) is 7.72. The molecule has 1 atom stereocenters. The summed E-state index contributed by atoms with van der Waals surface area (Å²) in [5.74, 6) is 6.78. The van der Waals surface area contributed by atoms with E-state index in [9.17, 15) is 4.79 Å². The Morgan fingerprint density at radius 3 is 2.88 bits per heavy atom. The Hall–Kier alpha value is -2.18. The number of para-hydroxylation sites is 1. The van der Waals surface area contributed by atoms with Gasteiger partial charge in [0, 0.05) is 4.88 Å². The normalized spacial score (nSPS) is 16.8. The Morgan fingerprint density at radius 2 is 2.16 bits per heavy atom. The summed E-state index contributed by atoms with van der Waals surface area (Å²) in [5, 5.41) is 0.776. The number of benzene rings is 1. The van der Waals surface area contributed by atoms with Gasteiger partial charge in [-0.1, -0.05) is 38.0 Å². The maximum Gasteiger partial charge on any atom is 0.268 e. The lowest BCUT2D eigenvalue weighted by atomic mass is 9.85. The van der Waals surface area contributed by atoms with Crippen LogP contribution in [-0.2, 0) is 12.8 Å². The van der Waals surface area contributed by atoms with E-state index in [0.717, 1.165) is 41.1 Å². The number of aryl methyl sites for hydroxylation is 1. The number of hydrogen-bond donors (Lipinski definition) is 2. The van der Waals surface area contributed by atoms with Crippen LogP contribution in [-0.4, -0.2) is 9.55 Å². The smallest absolute Gasteiger partial charge is 0.268 e. The Morgan fingerprint density at radius 1 is 1.36 bits per heavy atom. The number of fused-ring (bicyclic) bond motifs is 3. The molecule has 4 rings (SSSR count). The summed E-state index contributed by atoms with van der Waals surface area (Å²) in [7, 11) is 0. The first kappa shape index (κ1) is 16.3. The van der Waals surface area contributed by atoms with Gasteiger partial charge in [-0.2, -0.15) is 0 Å². The quantitative estimate of drug-likeness (QED) is 0.554. The predicted octanol–water partition coefficient (Wildman–Crippen LogP) is 3.64. The third-order valence-electron chi connectivity index (χ3n) is 5.03. The number of anilines is 1. The van der Waals surface area contributed by atoms with E-state index in [1.807, 2.05) is 30.3 Å². The molecular formula is C19H22N4OS. The van der Waals surface area contributed by atoms with Gasteiger partial charge >= 0.3 is 0 Å². The molecule has 1 unspecified atom stereocenters. The van der Waals surface area contributed by atoms with E-state index in [1.54, 1.807) is 15.9 Å². The highest BCUT2D eigenvalue weighted by atomic mass is 32.1. The van der Waals surface area contributed by atoms with Gasteiger partial charge in [-0.25, -0.2) is 15.4 Å². The summed E-state index contributed by atoms with van der Waals surface area (Å²) in [6.07, 6.45) is 5.67. The molecule has 0 saturated carbocycles. The van der Waals surface area contributed by atoms with Gasteiger partial charge in [0.25, 0.3) is 5.56 Å². The second kappa shape index (κ2) is 6.61. The average molecular weight is 354 g/mol. The number of nitrogens with two attached hydrogens (primary N) is 1. The topological polar surface area (TPSA) is 72.9 Å². The molecule has 2 heterocycles. The van der Waals surface area contributed by atoms with Crippen molar-refractivity contribution in [1.82, 2.24) is 9.55 Å². The summed E-state index contributed by atoms with van der Waals surface area (Å²) in [6, 6.07) is 9.53. The molecule has 130 valence electrons. The largest absolute Gasteiger partial charge is 0.293 e. The highest BCUT2D eigenvalue weighted by molar-refractivity contribution is 7.18. The van der Waals surface area contributed by atoms with E-state index >= 15 is 0 Å². The molecule has 0 saturated heterocycles. The molecule has 2 aromatic heterocycles. The van der Waals surface area contributed by atoms with Gasteiger partial charge in [-0.15, -0.1) is 11.3 Å². The van der Waals surface area contributed by atoms with Crippen LogP contribution in [0, 0.1) is 5.92 Å². The predicted molar refractivity (Wildman–Crippen MR) is 103 cm³/mol. The van der Waals surface area contributed by atoms with Gasteiger partial charge in [0.15, 0.2) is 0 Å². The molecule has 1 aliphatic rings. The van der Waals surface area contributed by atoms with E-state index in [0.29, 0.717) is 5.95 Å². The molecule has 25 heavy (non-hydrogen) atoms. The molecule has 1 aliphatic carbocycles. The van der Waals surface area contributed by atoms with Crippen molar-refractivity contribution in [2.75, 3.05) is 5.43 Å². The van der Waals surface area contributed by atoms with Crippen molar-refractivity contribution in [2.45, 2.75) is 39.0 Å². The van der Waals surface area contributed by atoms with Crippen molar-refractivity contribution < 1.29 is 0 Å². The maximum atomic E-state index is 13.3. The minimum absolute atomic E-state index is 0.0319. The molecule has 5 nitrogen and oxygen atoms in total. The van der Waals surface area contributed by atoms with Crippen LogP contribution in [0.2, 0.25) is 0 Å². The summed E-state index contributed by atoms with van der Waals surface area (Å²) < 4.78 is 1.58. The van der Waals surface area contributed by atoms with Crippen LogP contribution in [0.25, 0.3) is 15.9 Å². The van der Waals surface area contributed by atoms with Crippen molar-refractivity contribution in [3.8, 4) is 5.69 Å². The Labute approximate surface area is 150 Å². The fraction of sp³-hybridized carbons (Fsp3) is 0.368. The van der Waals surface area contributed by atoms with Crippen LogP contribution in [0.5, 0.6) is 0 Å². The van der Waals surface area contributed by atoms with Gasteiger partial charge in [-0.3, -0.25) is 10.2 Å². The SMILES string of the molecule is CCCC1CCc2c(sc3nc(NN)n(-c4ccccc4)c(=O)c23)C1. The van der Waals surface area contributed by atoms with Gasteiger partial charge < -0.3 is 0 Å². The third kappa shape index (κ3) is 2.75. The Balaban J connectivity index is 1.92. The van der Waals surface area contributed by atoms with Gasteiger partial charge in [-0.05, 0) is 42.9 Å². The van der Waals surface area contributed by atoms with Crippen LogP contribution >= 0.6 is 11.3 Å². The van der Waals surface area contributed by atoms with Crippen molar-refractivity contribution in [1.29, 1.82) is 0 Å². The zero-order chi connectivity index (χ0) is 17.4. The summed E-state index contributed by atoms with van der Waals surface area (Å²) >= 11 is 1.66. The Bertz CT molecular complexity index is 961. The van der Waals surface area contributed by atoms with Crippen molar-refractivity contribution in [2.24, 2.45) is 11.8 Å². The van der Waals surface area contributed by atoms with E-state index in [1.165, 1.54) is 23.3 Å². The van der Waals surface area contributed by atoms with E-state index in [2.05, 4.69) is 17.3 Å². The molecule has 0 spiro atoms. The number of nitrogens with zero attached hydrogens (tertiary/aromatic N) is 2. The number of nitrogen functional groups attached to an aromatic ring is 1. The van der Waals surface area contributed by atoms with Crippen LogP contribution in [0.1, 0.15) is 36.6 Å². The zero-order valence-corrected chi connectivity index (χ0v) is 15.1. The zero-order valence-electron chi connectivity index (χ0n) is 14.3.